The lowest BCUT2D eigenvalue weighted by Crippen LogP contribution is -1.98. The van der Waals surface area contributed by atoms with Crippen molar-refractivity contribution in [1.82, 2.24) is 19.9 Å². The zero-order valence-corrected chi connectivity index (χ0v) is 27.0. The second kappa shape index (κ2) is 13.9. The van der Waals surface area contributed by atoms with Crippen LogP contribution >= 0.6 is 0 Å². The molecular formula is C44H31N5. The van der Waals surface area contributed by atoms with Crippen LogP contribution in [0, 0.1) is 11.3 Å². The van der Waals surface area contributed by atoms with Gasteiger partial charge in [-0.25, -0.2) is 19.9 Å². The van der Waals surface area contributed by atoms with Crippen LogP contribution in [0.5, 0.6) is 0 Å². The Kier molecular flexibility index (Phi) is 8.77. The average molecular weight is 630 g/mol. The van der Waals surface area contributed by atoms with E-state index in [9.17, 15) is 5.26 Å². The quantitative estimate of drug-likeness (QED) is 0.177. The van der Waals surface area contributed by atoms with Crippen LogP contribution in [-0.4, -0.2) is 19.9 Å². The van der Waals surface area contributed by atoms with Crippen molar-refractivity contribution < 1.29 is 0 Å². The molecule has 0 aliphatic heterocycles. The lowest BCUT2D eigenvalue weighted by atomic mass is 9.93. The number of rotatable bonds is 5. The van der Waals surface area contributed by atoms with Gasteiger partial charge in [0.15, 0.2) is 5.82 Å². The molecule has 0 amide bonds. The second-order valence-electron chi connectivity index (χ2n) is 11.4. The summed E-state index contributed by atoms with van der Waals surface area (Å²) in [5.41, 5.74) is 10.3. The predicted octanol–water partition coefficient (Wildman–Crippen LogP) is 11.0. The summed E-state index contributed by atoms with van der Waals surface area (Å²) >= 11 is 0. The highest BCUT2D eigenvalue weighted by Crippen LogP contribution is 2.39. The minimum Gasteiger partial charge on any atom is -0.244 e. The van der Waals surface area contributed by atoms with Crippen LogP contribution in [0.15, 0.2) is 164 Å². The van der Waals surface area contributed by atoms with Crippen molar-refractivity contribution in [2.75, 3.05) is 0 Å². The number of para-hydroxylation sites is 2. The maximum atomic E-state index is 9.39. The molecule has 0 saturated heterocycles. The van der Waals surface area contributed by atoms with Gasteiger partial charge in [0.05, 0.1) is 45.4 Å². The molecule has 5 nitrogen and oxygen atoms in total. The fourth-order valence-electron chi connectivity index (χ4n) is 5.88. The third-order valence-electron chi connectivity index (χ3n) is 8.14. The van der Waals surface area contributed by atoms with E-state index in [1.807, 2.05) is 104 Å². The van der Waals surface area contributed by atoms with E-state index in [1.165, 1.54) is 0 Å². The number of allylic oxidation sites excluding steroid dienone is 1. The van der Waals surface area contributed by atoms with E-state index < -0.39 is 0 Å². The van der Waals surface area contributed by atoms with E-state index in [0.717, 1.165) is 72.4 Å². The molecule has 0 spiro atoms. The molecule has 0 unspecified atom stereocenters. The summed E-state index contributed by atoms with van der Waals surface area (Å²) in [5.74, 6) is 0.675. The average Bonchev–Trinajstić information content (AvgIpc) is 3.18. The van der Waals surface area contributed by atoms with Crippen molar-refractivity contribution in [1.29, 1.82) is 5.26 Å². The predicted molar refractivity (Wildman–Crippen MR) is 200 cm³/mol. The van der Waals surface area contributed by atoms with Gasteiger partial charge in [0, 0.05) is 27.8 Å². The molecule has 0 atom stereocenters. The fourth-order valence-corrected chi connectivity index (χ4v) is 5.88. The number of nitriles is 1. The molecule has 2 aromatic heterocycles. The summed E-state index contributed by atoms with van der Waals surface area (Å²) in [5, 5.41) is 11.5. The van der Waals surface area contributed by atoms with Gasteiger partial charge in [-0.05, 0) is 48.0 Å². The van der Waals surface area contributed by atoms with Gasteiger partial charge >= 0.3 is 0 Å². The van der Waals surface area contributed by atoms with Crippen LogP contribution in [0.3, 0.4) is 0 Å². The Bertz CT molecular complexity index is 2410. The molecule has 6 aromatic carbocycles. The molecule has 0 N–H and O–H groups in total. The number of aromatic nitrogens is 4. The highest BCUT2D eigenvalue weighted by atomic mass is 14.9. The van der Waals surface area contributed by atoms with Crippen molar-refractivity contribution in [2.45, 2.75) is 6.92 Å². The maximum absolute atomic E-state index is 9.39. The Labute approximate surface area is 285 Å². The summed E-state index contributed by atoms with van der Waals surface area (Å²) in [6.07, 6.45) is 1.75. The van der Waals surface area contributed by atoms with Crippen molar-refractivity contribution in [2.24, 2.45) is 0 Å². The molecular weight excluding hydrogens is 599 g/mol. The smallest absolute Gasteiger partial charge is 0.160 e. The Balaban J connectivity index is 0.00000122. The van der Waals surface area contributed by atoms with Crippen LogP contribution in [0.2, 0.25) is 0 Å². The zero-order chi connectivity index (χ0) is 33.6. The number of fused-ring (bicyclic) bond motifs is 2. The topological polar surface area (TPSA) is 75.3 Å². The summed E-state index contributed by atoms with van der Waals surface area (Å²) in [6, 6.07) is 52.6. The standard InChI is InChI=1S/C41H25N5.C3H6/c42-26-27-19-21-29(22-20-27)39-40(44-36-18-10-9-17-35(36)43-39)34-24-23-33(31-15-7-8-16-32(31)34)38-25-37(28-11-3-1-4-12-28)45-41(46-38)30-13-5-2-6-14-30;1-3-2/h1-25H;3H,1H2,2H3. The van der Waals surface area contributed by atoms with Crippen LogP contribution in [0.1, 0.15) is 12.5 Å². The van der Waals surface area contributed by atoms with E-state index in [4.69, 9.17) is 19.9 Å². The van der Waals surface area contributed by atoms with E-state index in [1.54, 1.807) is 6.08 Å². The van der Waals surface area contributed by atoms with Gasteiger partial charge in [0.2, 0.25) is 0 Å². The largest absolute Gasteiger partial charge is 0.244 e. The van der Waals surface area contributed by atoms with Crippen molar-refractivity contribution in [3.63, 3.8) is 0 Å². The lowest BCUT2D eigenvalue weighted by molar-refractivity contribution is 1.18. The first kappa shape index (κ1) is 30.9. The maximum Gasteiger partial charge on any atom is 0.160 e. The zero-order valence-electron chi connectivity index (χ0n) is 27.0. The Morgan fingerprint density at radius 2 is 1.02 bits per heavy atom. The second-order valence-corrected chi connectivity index (χ2v) is 11.4. The van der Waals surface area contributed by atoms with Crippen molar-refractivity contribution in [3.8, 4) is 62.5 Å². The minimum absolute atomic E-state index is 0.600. The molecule has 0 radical (unpaired) electrons. The molecule has 0 fully saturated rings. The minimum atomic E-state index is 0.600. The van der Waals surface area contributed by atoms with E-state index in [0.29, 0.717) is 11.4 Å². The fraction of sp³-hybridized carbons (Fsp3) is 0.0227. The molecule has 8 aromatic rings. The highest BCUT2D eigenvalue weighted by molar-refractivity contribution is 6.06. The Morgan fingerprint density at radius 3 is 1.65 bits per heavy atom. The van der Waals surface area contributed by atoms with Gasteiger partial charge in [-0.2, -0.15) is 5.26 Å². The highest BCUT2D eigenvalue weighted by Gasteiger charge is 2.19. The summed E-state index contributed by atoms with van der Waals surface area (Å²) < 4.78 is 0. The molecule has 8 rings (SSSR count). The monoisotopic (exact) mass is 629 g/mol. The molecule has 0 saturated carbocycles. The molecule has 5 heteroatoms. The Morgan fingerprint density at radius 1 is 0.510 bits per heavy atom. The van der Waals surface area contributed by atoms with Crippen LogP contribution in [0.25, 0.3) is 78.2 Å². The summed E-state index contributed by atoms with van der Waals surface area (Å²) in [7, 11) is 0. The number of hydrogen-bond donors (Lipinski definition) is 0. The van der Waals surface area contributed by atoms with Gasteiger partial charge in [-0.1, -0.05) is 127 Å². The van der Waals surface area contributed by atoms with E-state index in [2.05, 4.69) is 67.2 Å². The first-order valence-corrected chi connectivity index (χ1v) is 16.0. The first-order valence-electron chi connectivity index (χ1n) is 16.0. The van der Waals surface area contributed by atoms with Crippen molar-refractivity contribution in [3.05, 3.63) is 170 Å². The third kappa shape index (κ3) is 6.32. The van der Waals surface area contributed by atoms with E-state index >= 15 is 0 Å². The molecule has 0 aliphatic carbocycles. The number of hydrogen-bond acceptors (Lipinski definition) is 5. The number of nitrogens with zero attached hydrogens (tertiary/aromatic N) is 5. The number of benzene rings is 6. The first-order chi connectivity index (χ1) is 24.2. The molecule has 232 valence electrons. The third-order valence-corrected chi connectivity index (χ3v) is 8.14. The van der Waals surface area contributed by atoms with Gasteiger partial charge in [-0.15, -0.1) is 6.58 Å². The van der Waals surface area contributed by atoms with Gasteiger partial charge in [-0.3, -0.25) is 0 Å². The summed E-state index contributed by atoms with van der Waals surface area (Å²) in [6.45, 7) is 5.25. The molecule has 2 heterocycles. The molecule has 0 bridgehead atoms. The van der Waals surface area contributed by atoms with Gasteiger partial charge < -0.3 is 0 Å². The van der Waals surface area contributed by atoms with Crippen LogP contribution < -0.4 is 0 Å². The summed E-state index contributed by atoms with van der Waals surface area (Å²) in [4.78, 5) is 20.4. The SMILES string of the molecule is C=CC.N#Cc1ccc(-c2nc3ccccc3nc2-c2ccc(-c3cc(-c4ccccc4)nc(-c4ccccc4)n3)c3ccccc23)cc1. The van der Waals surface area contributed by atoms with Crippen LogP contribution in [-0.2, 0) is 0 Å². The normalized spacial score (nSPS) is 10.6. The van der Waals surface area contributed by atoms with Gasteiger partial charge in [0.25, 0.3) is 0 Å². The molecule has 49 heavy (non-hydrogen) atoms. The molecule has 0 aliphatic rings. The Hall–Kier alpha value is -6.77. The van der Waals surface area contributed by atoms with Crippen LogP contribution in [0.4, 0.5) is 0 Å². The van der Waals surface area contributed by atoms with E-state index in [-0.39, 0.29) is 0 Å². The van der Waals surface area contributed by atoms with Gasteiger partial charge in [0.1, 0.15) is 0 Å². The lowest BCUT2D eigenvalue weighted by Gasteiger charge is -2.16. The van der Waals surface area contributed by atoms with Crippen molar-refractivity contribution >= 4 is 21.8 Å².